The van der Waals surface area contributed by atoms with Crippen molar-refractivity contribution < 1.29 is 5.11 Å². The van der Waals surface area contributed by atoms with Gasteiger partial charge in [-0.05, 0) is 31.2 Å². The van der Waals surface area contributed by atoms with Gasteiger partial charge in [-0.25, -0.2) is 9.97 Å². The zero-order valence-electron chi connectivity index (χ0n) is 11.3. The molecular weight excluding hydrogens is 258 g/mol. The van der Waals surface area contributed by atoms with Crippen molar-refractivity contribution in [3.05, 3.63) is 17.3 Å². The molecule has 1 aliphatic rings. The predicted octanol–water partition coefficient (Wildman–Crippen LogP) is 2.46. The Labute approximate surface area is 117 Å². The zero-order chi connectivity index (χ0) is 13.4. The summed E-state index contributed by atoms with van der Waals surface area (Å²) in [6, 6.07) is 2.21. The topological polar surface area (TPSA) is 49.2 Å². The summed E-state index contributed by atoms with van der Waals surface area (Å²) in [5, 5.41) is 10.5. The van der Waals surface area contributed by atoms with Gasteiger partial charge in [0.1, 0.15) is 17.0 Å². The van der Waals surface area contributed by atoms with Gasteiger partial charge in [-0.2, -0.15) is 0 Å². The van der Waals surface area contributed by atoms with E-state index < -0.39 is 0 Å². The van der Waals surface area contributed by atoms with Crippen molar-refractivity contribution in [1.82, 2.24) is 9.97 Å². The minimum Gasteiger partial charge on any atom is -0.393 e. The summed E-state index contributed by atoms with van der Waals surface area (Å²) in [6.45, 7) is 3.12. The maximum absolute atomic E-state index is 9.37. The molecule has 2 aromatic rings. The minimum atomic E-state index is -0.0864. The number of aryl methyl sites for hydroxylation is 1. The standard InChI is InChI=1S/C14H19N3OS/c1-3-11-6-12-13(15-8-16-14(12)19-11)17(2)7-9-4-10(18)5-9/h6,8-10,18H,3-5,7H2,1-2H3. The SMILES string of the molecule is CCc1cc2c(N(C)CC3CC(O)C3)ncnc2s1. The highest BCUT2D eigenvalue weighted by atomic mass is 32.1. The minimum absolute atomic E-state index is 0.0864. The fourth-order valence-corrected chi connectivity index (χ4v) is 3.62. The van der Waals surface area contributed by atoms with Crippen LogP contribution in [0.25, 0.3) is 10.2 Å². The van der Waals surface area contributed by atoms with Crippen LogP contribution in [0.2, 0.25) is 0 Å². The molecule has 5 heteroatoms. The summed E-state index contributed by atoms with van der Waals surface area (Å²) in [6.07, 6.45) is 4.44. The van der Waals surface area contributed by atoms with Crippen molar-refractivity contribution >= 4 is 27.4 Å². The normalized spacial score (nSPS) is 22.5. The maximum Gasteiger partial charge on any atom is 0.140 e. The monoisotopic (exact) mass is 277 g/mol. The van der Waals surface area contributed by atoms with Crippen LogP contribution in [0.3, 0.4) is 0 Å². The number of hydrogen-bond donors (Lipinski definition) is 1. The van der Waals surface area contributed by atoms with E-state index in [0.29, 0.717) is 5.92 Å². The van der Waals surface area contributed by atoms with Crippen molar-refractivity contribution in [1.29, 1.82) is 0 Å². The number of hydrogen-bond acceptors (Lipinski definition) is 5. The van der Waals surface area contributed by atoms with E-state index in [4.69, 9.17) is 0 Å². The number of thiophene rings is 1. The van der Waals surface area contributed by atoms with Gasteiger partial charge in [0.15, 0.2) is 0 Å². The van der Waals surface area contributed by atoms with Crippen molar-refractivity contribution in [2.45, 2.75) is 32.3 Å². The lowest BCUT2D eigenvalue weighted by Gasteiger charge is -2.34. The average Bonchev–Trinajstić information content (AvgIpc) is 2.79. The third-order valence-electron chi connectivity index (χ3n) is 3.81. The van der Waals surface area contributed by atoms with Crippen LogP contribution in [-0.2, 0) is 6.42 Å². The quantitative estimate of drug-likeness (QED) is 0.932. The largest absolute Gasteiger partial charge is 0.393 e. The average molecular weight is 277 g/mol. The number of fused-ring (bicyclic) bond motifs is 1. The Morgan fingerprint density at radius 2 is 2.21 bits per heavy atom. The fraction of sp³-hybridized carbons (Fsp3) is 0.571. The van der Waals surface area contributed by atoms with Gasteiger partial charge in [0, 0.05) is 18.5 Å². The van der Waals surface area contributed by atoms with Gasteiger partial charge in [-0.3, -0.25) is 0 Å². The molecule has 3 rings (SSSR count). The molecule has 0 aliphatic heterocycles. The highest BCUT2D eigenvalue weighted by Gasteiger charge is 2.28. The summed E-state index contributed by atoms with van der Waals surface area (Å²) in [5.74, 6) is 1.61. The van der Waals surface area contributed by atoms with E-state index in [2.05, 4.69) is 34.9 Å². The first-order chi connectivity index (χ1) is 9.17. The molecule has 0 saturated heterocycles. The van der Waals surface area contributed by atoms with E-state index in [1.165, 1.54) is 4.88 Å². The molecule has 0 radical (unpaired) electrons. The number of rotatable bonds is 4. The molecule has 1 fully saturated rings. The second-order valence-corrected chi connectivity index (χ2v) is 6.47. The zero-order valence-corrected chi connectivity index (χ0v) is 12.2. The van der Waals surface area contributed by atoms with Crippen LogP contribution in [0.5, 0.6) is 0 Å². The first-order valence-corrected chi connectivity index (χ1v) is 7.61. The summed E-state index contributed by atoms with van der Waals surface area (Å²) < 4.78 is 0. The Bertz CT molecular complexity index is 577. The molecule has 0 aromatic carbocycles. The van der Waals surface area contributed by atoms with Crippen LogP contribution in [0.15, 0.2) is 12.4 Å². The lowest BCUT2D eigenvalue weighted by atomic mass is 9.82. The summed E-state index contributed by atoms with van der Waals surface area (Å²) in [7, 11) is 2.08. The van der Waals surface area contributed by atoms with Crippen molar-refractivity contribution in [3.8, 4) is 0 Å². The second kappa shape index (κ2) is 5.06. The van der Waals surface area contributed by atoms with Crippen LogP contribution in [0.1, 0.15) is 24.6 Å². The van der Waals surface area contributed by atoms with E-state index in [1.807, 2.05) is 0 Å². The Kier molecular flexibility index (Phi) is 3.41. The third kappa shape index (κ3) is 2.44. The van der Waals surface area contributed by atoms with Gasteiger partial charge in [0.05, 0.1) is 11.5 Å². The van der Waals surface area contributed by atoms with Gasteiger partial charge in [-0.15, -0.1) is 11.3 Å². The molecule has 102 valence electrons. The smallest absolute Gasteiger partial charge is 0.140 e. The van der Waals surface area contributed by atoms with Crippen LogP contribution in [-0.4, -0.2) is 34.8 Å². The lowest BCUT2D eigenvalue weighted by molar-refractivity contribution is 0.0464. The molecule has 2 heterocycles. The van der Waals surface area contributed by atoms with Gasteiger partial charge in [0.2, 0.25) is 0 Å². The molecule has 0 atom stereocenters. The highest BCUT2D eigenvalue weighted by Crippen LogP contribution is 2.33. The van der Waals surface area contributed by atoms with Gasteiger partial charge >= 0.3 is 0 Å². The second-order valence-electron chi connectivity index (χ2n) is 5.35. The Hall–Kier alpha value is -1.20. The molecule has 0 amide bonds. The number of anilines is 1. The lowest BCUT2D eigenvalue weighted by Crippen LogP contribution is -2.37. The Balaban J connectivity index is 1.84. The number of nitrogens with zero attached hydrogens (tertiary/aromatic N) is 3. The maximum atomic E-state index is 9.37. The summed E-state index contributed by atoms with van der Waals surface area (Å²) >= 11 is 1.75. The summed E-state index contributed by atoms with van der Waals surface area (Å²) in [5.41, 5.74) is 0. The Morgan fingerprint density at radius 3 is 2.89 bits per heavy atom. The molecule has 1 N–H and O–H groups in total. The fourth-order valence-electron chi connectivity index (χ4n) is 2.69. The molecule has 4 nitrogen and oxygen atoms in total. The molecule has 1 aliphatic carbocycles. The van der Waals surface area contributed by atoms with E-state index in [0.717, 1.165) is 41.8 Å². The molecule has 1 saturated carbocycles. The van der Waals surface area contributed by atoms with Crippen molar-refractivity contribution in [2.75, 3.05) is 18.5 Å². The van der Waals surface area contributed by atoms with E-state index in [1.54, 1.807) is 17.7 Å². The van der Waals surface area contributed by atoms with E-state index in [9.17, 15) is 5.11 Å². The first-order valence-electron chi connectivity index (χ1n) is 6.80. The number of aliphatic hydroxyl groups is 1. The Morgan fingerprint density at radius 1 is 1.42 bits per heavy atom. The van der Waals surface area contributed by atoms with Gasteiger partial charge in [0.25, 0.3) is 0 Å². The van der Waals surface area contributed by atoms with Crippen LogP contribution in [0.4, 0.5) is 5.82 Å². The van der Waals surface area contributed by atoms with Gasteiger partial charge < -0.3 is 10.0 Å². The molecular formula is C14H19N3OS. The van der Waals surface area contributed by atoms with E-state index >= 15 is 0 Å². The van der Waals surface area contributed by atoms with Crippen molar-refractivity contribution in [2.24, 2.45) is 5.92 Å². The summed E-state index contributed by atoms with van der Waals surface area (Å²) in [4.78, 5) is 13.4. The van der Waals surface area contributed by atoms with Crippen molar-refractivity contribution in [3.63, 3.8) is 0 Å². The van der Waals surface area contributed by atoms with Crippen LogP contribution < -0.4 is 4.90 Å². The first kappa shape index (κ1) is 12.8. The highest BCUT2D eigenvalue weighted by molar-refractivity contribution is 7.18. The molecule has 2 aromatic heterocycles. The number of aromatic nitrogens is 2. The van der Waals surface area contributed by atoms with Gasteiger partial charge in [-0.1, -0.05) is 6.92 Å². The molecule has 0 unspecified atom stereocenters. The molecule has 19 heavy (non-hydrogen) atoms. The van der Waals surface area contributed by atoms with Crippen LogP contribution >= 0.6 is 11.3 Å². The van der Waals surface area contributed by atoms with E-state index in [-0.39, 0.29) is 6.10 Å². The predicted molar refractivity (Wildman–Crippen MR) is 78.8 cm³/mol. The number of aliphatic hydroxyl groups excluding tert-OH is 1. The molecule has 0 spiro atoms. The van der Waals surface area contributed by atoms with Crippen LogP contribution in [0, 0.1) is 5.92 Å². The third-order valence-corrected chi connectivity index (χ3v) is 5.00. The molecule has 0 bridgehead atoms.